The van der Waals surface area contributed by atoms with Crippen LogP contribution in [0.5, 0.6) is 11.5 Å². The molecular weight excluding hydrogens is 223 g/mol. The fourth-order valence-corrected chi connectivity index (χ4v) is 1.53. The molecule has 0 fully saturated rings. The van der Waals surface area contributed by atoms with E-state index in [1.165, 1.54) is 13.2 Å². The highest BCUT2D eigenvalue weighted by molar-refractivity contribution is 6.32. The quantitative estimate of drug-likeness (QED) is 0.839. The summed E-state index contributed by atoms with van der Waals surface area (Å²) in [6, 6.07) is 1.44. The molecule has 0 atom stereocenters. The molecule has 0 aliphatic carbocycles. The second-order valence-electron chi connectivity index (χ2n) is 3.04. The lowest BCUT2D eigenvalue weighted by Crippen LogP contribution is -1.98. The zero-order valence-electron chi connectivity index (χ0n) is 8.26. The topological polar surface area (TPSA) is 49.7 Å². The molecule has 0 aliphatic rings. The second-order valence-corrected chi connectivity index (χ2v) is 3.45. The standard InChI is InChI=1S/C10H12ClFO3/c1-15-10-6(3-2-4-13)5-7(11)9(14)8(10)12/h5,13-14H,2-4H2,1H3. The Morgan fingerprint density at radius 1 is 1.53 bits per heavy atom. The Hall–Kier alpha value is -1.00. The third kappa shape index (κ3) is 2.52. The third-order valence-electron chi connectivity index (χ3n) is 2.03. The number of aliphatic hydroxyl groups excluding tert-OH is 1. The van der Waals surface area contributed by atoms with E-state index in [0.29, 0.717) is 18.4 Å². The lowest BCUT2D eigenvalue weighted by Gasteiger charge is -2.11. The van der Waals surface area contributed by atoms with Gasteiger partial charge in [0.25, 0.3) is 0 Å². The SMILES string of the molecule is COc1c(CCCO)cc(Cl)c(O)c1F. The Kier molecular flexibility index (Phi) is 4.17. The van der Waals surface area contributed by atoms with E-state index in [-0.39, 0.29) is 17.4 Å². The van der Waals surface area contributed by atoms with Crippen LogP contribution in [0.1, 0.15) is 12.0 Å². The maximum Gasteiger partial charge on any atom is 0.208 e. The van der Waals surface area contributed by atoms with Gasteiger partial charge in [0.2, 0.25) is 5.82 Å². The van der Waals surface area contributed by atoms with Gasteiger partial charge in [0.05, 0.1) is 12.1 Å². The van der Waals surface area contributed by atoms with E-state index in [9.17, 15) is 9.50 Å². The number of methoxy groups -OCH3 is 1. The molecule has 0 saturated heterocycles. The summed E-state index contributed by atoms with van der Waals surface area (Å²) < 4.78 is 18.3. The molecule has 3 nitrogen and oxygen atoms in total. The first kappa shape index (κ1) is 12.1. The number of ether oxygens (including phenoxy) is 1. The fraction of sp³-hybridized carbons (Fsp3) is 0.400. The normalized spacial score (nSPS) is 10.4. The second kappa shape index (κ2) is 5.19. The summed E-state index contributed by atoms with van der Waals surface area (Å²) in [4.78, 5) is 0. The number of phenols is 1. The minimum Gasteiger partial charge on any atom is -0.504 e. The summed E-state index contributed by atoms with van der Waals surface area (Å²) in [5, 5.41) is 17.8. The van der Waals surface area contributed by atoms with Crippen LogP contribution in [-0.2, 0) is 6.42 Å². The van der Waals surface area contributed by atoms with Crippen molar-refractivity contribution in [2.45, 2.75) is 12.8 Å². The Bertz CT molecular complexity index is 355. The van der Waals surface area contributed by atoms with Gasteiger partial charge in [-0.15, -0.1) is 0 Å². The number of aryl methyl sites for hydroxylation is 1. The van der Waals surface area contributed by atoms with Crippen LogP contribution < -0.4 is 4.74 Å². The maximum atomic E-state index is 13.4. The number of rotatable bonds is 4. The Morgan fingerprint density at radius 3 is 2.73 bits per heavy atom. The number of phenolic OH excluding ortho intramolecular Hbond substituents is 1. The van der Waals surface area contributed by atoms with Crippen molar-refractivity contribution in [3.8, 4) is 11.5 Å². The van der Waals surface area contributed by atoms with Crippen LogP contribution in [0.25, 0.3) is 0 Å². The van der Waals surface area contributed by atoms with Crippen LogP contribution in [0.2, 0.25) is 5.02 Å². The molecule has 0 saturated carbocycles. The molecule has 0 radical (unpaired) electrons. The minimum absolute atomic E-state index is 0.00324. The van der Waals surface area contributed by atoms with E-state index in [1.54, 1.807) is 0 Å². The number of halogens is 2. The van der Waals surface area contributed by atoms with Crippen LogP contribution in [0, 0.1) is 5.82 Å². The Labute approximate surface area is 92.1 Å². The first-order valence-electron chi connectivity index (χ1n) is 4.46. The summed E-state index contributed by atoms with van der Waals surface area (Å²) in [7, 11) is 1.31. The smallest absolute Gasteiger partial charge is 0.208 e. The van der Waals surface area contributed by atoms with Gasteiger partial charge in [-0.3, -0.25) is 0 Å². The molecule has 0 aromatic heterocycles. The van der Waals surface area contributed by atoms with Gasteiger partial charge in [0.15, 0.2) is 11.5 Å². The molecule has 5 heteroatoms. The van der Waals surface area contributed by atoms with Crippen molar-refractivity contribution < 1.29 is 19.3 Å². The molecule has 2 N–H and O–H groups in total. The first-order valence-corrected chi connectivity index (χ1v) is 4.84. The highest BCUT2D eigenvalue weighted by Crippen LogP contribution is 2.36. The third-order valence-corrected chi connectivity index (χ3v) is 2.32. The lowest BCUT2D eigenvalue weighted by molar-refractivity contribution is 0.287. The molecule has 84 valence electrons. The van der Waals surface area contributed by atoms with E-state index in [4.69, 9.17) is 21.4 Å². The van der Waals surface area contributed by atoms with Gasteiger partial charge in [-0.2, -0.15) is 4.39 Å². The zero-order valence-corrected chi connectivity index (χ0v) is 9.01. The van der Waals surface area contributed by atoms with Crippen molar-refractivity contribution in [1.82, 2.24) is 0 Å². The predicted molar refractivity (Wildman–Crippen MR) is 55.0 cm³/mol. The van der Waals surface area contributed by atoms with Crippen molar-refractivity contribution in [2.75, 3.05) is 13.7 Å². The Morgan fingerprint density at radius 2 is 2.20 bits per heavy atom. The van der Waals surface area contributed by atoms with Crippen LogP contribution in [0.3, 0.4) is 0 Å². The summed E-state index contributed by atoms with van der Waals surface area (Å²) in [6.45, 7) is 0.00324. The van der Waals surface area contributed by atoms with Gasteiger partial charge in [-0.25, -0.2) is 0 Å². The summed E-state index contributed by atoms with van der Waals surface area (Å²) >= 11 is 5.62. The highest BCUT2D eigenvalue weighted by Gasteiger charge is 2.17. The molecule has 1 aromatic rings. The molecule has 0 unspecified atom stereocenters. The number of aromatic hydroxyl groups is 1. The van der Waals surface area contributed by atoms with Crippen molar-refractivity contribution in [2.24, 2.45) is 0 Å². The van der Waals surface area contributed by atoms with Crippen LogP contribution in [0.4, 0.5) is 4.39 Å². The van der Waals surface area contributed by atoms with Crippen molar-refractivity contribution in [3.63, 3.8) is 0 Å². The van der Waals surface area contributed by atoms with E-state index >= 15 is 0 Å². The van der Waals surface area contributed by atoms with Gasteiger partial charge >= 0.3 is 0 Å². The van der Waals surface area contributed by atoms with Crippen LogP contribution in [0.15, 0.2) is 6.07 Å². The van der Waals surface area contributed by atoms with Gasteiger partial charge in [0.1, 0.15) is 0 Å². The molecule has 1 rings (SSSR count). The lowest BCUT2D eigenvalue weighted by atomic mass is 10.1. The fourth-order valence-electron chi connectivity index (χ4n) is 1.32. The van der Waals surface area contributed by atoms with E-state index in [2.05, 4.69) is 0 Å². The maximum absolute atomic E-state index is 13.4. The van der Waals surface area contributed by atoms with Gasteiger partial charge in [0, 0.05) is 6.61 Å². The van der Waals surface area contributed by atoms with Gasteiger partial charge in [-0.1, -0.05) is 11.6 Å². The van der Waals surface area contributed by atoms with Gasteiger partial charge in [-0.05, 0) is 24.5 Å². The first-order chi connectivity index (χ1) is 7.11. The molecule has 1 aromatic carbocycles. The van der Waals surface area contributed by atoms with Crippen molar-refractivity contribution in [1.29, 1.82) is 0 Å². The van der Waals surface area contributed by atoms with E-state index in [1.807, 2.05) is 0 Å². The highest BCUT2D eigenvalue weighted by atomic mass is 35.5. The van der Waals surface area contributed by atoms with E-state index in [0.717, 1.165) is 0 Å². The molecule has 0 spiro atoms. The number of benzene rings is 1. The van der Waals surface area contributed by atoms with Crippen molar-refractivity contribution in [3.05, 3.63) is 22.5 Å². The number of aliphatic hydroxyl groups is 1. The molecular formula is C10H12ClFO3. The van der Waals surface area contributed by atoms with Crippen LogP contribution >= 0.6 is 11.6 Å². The summed E-state index contributed by atoms with van der Waals surface area (Å²) in [5.74, 6) is -1.50. The predicted octanol–water partition coefficient (Wildman–Crippen LogP) is 2.12. The Balaban J connectivity index is 3.13. The number of hydrogen-bond acceptors (Lipinski definition) is 3. The molecule has 15 heavy (non-hydrogen) atoms. The zero-order chi connectivity index (χ0) is 11.4. The summed E-state index contributed by atoms with van der Waals surface area (Å²) in [6.07, 6.45) is 0.924. The molecule has 0 amide bonds. The van der Waals surface area contributed by atoms with Crippen LogP contribution in [-0.4, -0.2) is 23.9 Å². The average Bonchev–Trinajstić information content (AvgIpc) is 2.23. The largest absolute Gasteiger partial charge is 0.504 e. The monoisotopic (exact) mass is 234 g/mol. The molecule has 0 heterocycles. The average molecular weight is 235 g/mol. The molecule has 0 aliphatic heterocycles. The van der Waals surface area contributed by atoms with Crippen molar-refractivity contribution >= 4 is 11.6 Å². The van der Waals surface area contributed by atoms with Gasteiger partial charge < -0.3 is 14.9 Å². The number of hydrogen-bond donors (Lipinski definition) is 2. The summed E-state index contributed by atoms with van der Waals surface area (Å²) in [5.41, 5.74) is 0.534. The van der Waals surface area contributed by atoms with E-state index < -0.39 is 11.6 Å². The molecule has 0 bridgehead atoms. The minimum atomic E-state index is -0.863.